The molecular weight excluding hydrogens is 162 g/mol. The van der Waals surface area contributed by atoms with Gasteiger partial charge in [-0.1, -0.05) is 32.9 Å². The number of rotatable bonds is 0. The zero-order chi connectivity index (χ0) is 9.69. The largest absolute Gasteiger partial charge is 0.361 e. The Hall–Kier alpha value is -0.790. The van der Waals surface area contributed by atoms with Gasteiger partial charge in [-0.15, -0.1) is 0 Å². The van der Waals surface area contributed by atoms with Gasteiger partial charge in [-0.3, -0.25) is 0 Å². The molecule has 2 nitrogen and oxygen atoms in total. The Morgan fingerprint density at radius 1 is 1.31 bits per heavy atom. The molecule has 1 aromatic rings. The van der Waals surface area contributed by atoms with E-state index in [-0.39, 0.29) is 5.41 Å². The third kappa shape index (κ3) is 1.38. The molecule has 0 radical (unpaired) electrons. The molecule has 2 heteroatoms. The third-order valence-electron chi connectivity index (χ3n) is 2.93. The number of nitrogens with zero attached hydrogens (tertiary/aromatic N) is 1. The van der Waals surface area contributed by atoms with Crippen LogP contribution in [0.1, 0.15) is 45.4 Å². The van der Waals surface area contributed by atoms with E-state index in [4.69, 9.17) is 4.52 Å². The summed E-state index contributed by atoms with van der Waals surface area (Å²) < 4.78 is 5.28. The summed E-state index contributed by atoms with van der Waals surface area (Å²) in [6.07, 6.45) is 4.10. The van der Waals surface area contributed by atoms with Gasteiger partial charge in [-0.05, 0) is 17.3 Å². The van der Waals surface area contributed by atoms with Crippen molar-refractivity contribution in [2.45, 2.75) is 46.0 Å². The Bertz CT molecular complexity index is 323. The Morgan fingerprint density at radius 2 is 2.00 bits per heavy atom. The van der Waals surface area contributed by atoms with Crippen LogP contribution in [0.25, 0.3) is 0 Å². The van der Waals surface area contributed by atoms with Gasteiger partial charge in [0.05, 0.1) is 6.20 Å². The summed E-state index contributed by atoms with van der Waals surface area (Å²) in [7, 11) is 0. The van der Waals surface area contributed by atoms with E-state index in [1.54, 1.807) is 0 Å². The molecule has 0 saturated carbocycles. The lowest BCUT2D eigenvalue weighted by Crippen LogP contribution is -2.33. The molecule has 0 saturated heterocycles. The standard InChI is InChI=1S/C11H17NO/c1-10(2)5-9-8(6-12-13-9)11(3,4)7-10/h6H,5,7H2,1-4H3. The van der Waals surface area contributed by atoms with Crippen LogP contribution in [-0.2, 0) is 11.8 Å². The second kappa shape index (κ2) is 2.37. The average Bonchev–Trinajstić information content (AvgIpc) is 2.29. The lowest BCUT2D eigenvalue weighted by atomic mass is 9.65. The highest BCUT2D eigenvalue weighted by Crippen LogP contribution is 2.45. The van der Waals surface area contributed by atoms with Crippen molar-refractivity contribution in [3.63, 3.8) is 0 Å². The van der Waals surface area contributed by atoms with E-state index in [1.165, 1.54) is 12.0 Å². The zero-order valence-electron chi connectivity index (χ0n) is 8.85. The highest BCUT2D eigenvalue weighted by atomic mass is 16.5. The molecule has 0 fully saturated rings. The van der Waals surface area contributed by atoms with Gasteiger partial charge in [0.2, 0.25) is 0 Å². The lowest BCUT2D eigenvalue weighted by molar-refractivity contribution is 0.203. The summed E-state index contributed by atoms with van der Waals surface area (Å²) in [5.74, 6) is 1.08. The Balaban J connectivity index is 2.48. The fourth-order valence-corrected chi connectivity index (χ4v) is 2.73. The first-order chi connectivity index (χ1) is 5.91. The second-order valence-electron chi connectivity index (χ2n) is 5.56. The number of fused-ring (bicyclic) bond motifs is 1. The molecule has 0 amide bonds. The molecule has 0 spiro atoms. The molecule has 0 N–H and O–H groups in total. The molecule has 1 aromatic heterocycles. The molecule has 72 valence electrons. The van der Waals surface area contributed by atoms with E-state index in [0.717, 1.165) is 12.2 Å². The monoisotopic (exact) mass is 179 g/mol. The molecule has 0 atom stereocenters. The number of hydrogen-bond acceptors (Lipinski definition) is 2. The van der Waals surface area contributed by atoms with E-state index in [9.17, 15) is 0 Å². The van der Waals surface area contributed by atoms with Crippen LogP contribution in [0, 0.1) is 5.41 Å². The molecule has 0 bridgehead atoms. The van der Waals surface area contributed by atoms with Gasteiger partial charge < -0.3 is 4.52 Å². The number of aromatic nitrogens is 1. The topological polar surface area (TPSA) is 26.0 Å². The minimum Gasteiger partial charge on any atom is -0.361 e. The maximum Gasteiger partial charge on any atom is 0.140 e. The highest BCUT2D eigenvalue weighted by Gasteiger charge is 2.39. The predicted molar refractivity (Wildman–Crippen MR) is 51.6 cm³/mol. The first-order valence-electron chi connectivity index (χ1n) is 4.85. The van der Waals surface area contributed by atoms with Crippen molar-refractivity contribution < 1.29 is 4.52 Å². The van der Waals surface area contributed by atoms with Crippen molar-refractivity contribution in [3.8, 4) is 0 Å². The van der Waals surface area contributed by atoms with Crippen LogP contribution in [0.15, 0.2) is 10.7 Å². The van der Waals surface area contributed by atoms with Crippen molar-refractivity contribution >= 4 is 0 Å². The second-order valence-corrected chi connectivity index (χ2v) is 5.56. The highest BCUT2D eigenvalue weighted by molar-refractivity contribution is 5.28. The molecule has 13 heavy (non-hydrogen) atoms. The smallest absolute Gasteiger partial charge is 0.140 e. The van der Waals surface area contributed by atoms with E-state index in [2.05, 4.69) is 32.9 Å². The fraction of sp³-hybridized carbons (Fsp3) is 0.727. The lowest BCUT2D eigenvalue weighted by Gasteiger charge is -2.38. The van der Waals surface area contributed by atoms with Gasteiger partial charge in [0.15, 0.2) is 0 Å². The SMILES string of the molecule is CC1(C)Cc2oncc2C(C)(C)C1. The van der Waals surface area contributed by atoms with Crippen LogP contribution in [0.5, 0.6) is 0 Å². The first-order valence-corrected chi connectivity index (χ1v) is 4.85. The average molecular weight is 179 g/mol. The predicted octanol–water partition coefficient (Wildman–Crippen LogP) is 2.92. The quantitative estimate of drug-likeness (QED) is 0.612. The first kappa shape index (κ1) is 8.79. The van der Waals surface area contributed by atoms with E-state index >= 15 is 0 Å². The summed E-state index contributed by atoms with van der Waals surface area (Å²) in [6, 6.07) is 0. The van der Waals surface area contributed by atoms with Crippen molar-refractivity contribution in [1.82, 2.24) is 5.16 Å². The van der Waals surface area contributed by atoms with E-state index in [1.807, 2.05) is 6.20 Å². The molecular formula is C11H17NO. The van der Waals surface area contributed by atoms with Crippen molar-refractivity contribution in [3.05, 3.63) is 17.5 Å². The Morgan fingerprint density at radius 3 is 2.69 bits per heavy atom. The van der Waals surface area contributed by atoms with Gasteiger partial charge in [0.25, 0.3) is 0 Å². The molecule has 1 aliphatic carbocycles. The van der Waals surface area contributed by atoms with E-state index < -0.39 is 0 Å². The molecule has 0 unspecified atom stereocenters. The van der Waals surface area contributed by atoms with Crippen LogP contribution in [0.3, 0.4) is 0 Å². The Kier molecular flexibility index (Phi) is 1.60. The molecule has 1 aliphatic rings. The van der Waals surface area contributed by atoms with Crippen LogP contribution in [0.4, 0.5) is 0 Å². The van der Waals surface area contributed by atoms with Crippen molar-refractivity contribution in [2.75, 3.05) is 0 Å². The minimum atomic E-state index is 0.219. The van der Waals surface area contributed by atoms with Gasteiger partial charge in [0, 0.05) is 12.0 Å². The van der Waals surface area contributed by atoms with Gasteiger partial charge in [-0.25, -0.2) is 0 Å². The van der Waals surface area contributed by atoms with Crippen LogP contribution >= 0.6 is 0 Å². The third-order valence-corrected chi connectivity index (χ3v) is 2.93. The summed E-state index contributed by atoms with van der Waals surface area (Å²) >= 11 is 0. The van der Waals surface area contributed by atoms with Gasteiger partial charge in [0.1, 0.15) is 5.76 Å². The normalized spacial score (nSPS) is 24.0. The molecule has 2 rings (SSSR count). The van der Waals surface area contributed by atoms with Crippen molar-refractivity contribution in [2.24, 2.45) is 5.41 Å². The van der Waals surface area contributed by atoms with Crippen LogP contribution < -0.4 is 0 Å². The zero-order valence-corrected chi connectivity index (χ0v) is 8.85. The summed E-state index contributed by atoms with van der Waals surface area (Å²) in [6.45, 7) is 9.12. The molecule has 0 aromatic carbocycles. The fourth-order valence-electron chi connectivity index (χ4n) is 2.73. The maximum absolute atomic E-state index is 5.28. The number of hydrogen-bond donors (Lipinski definition) is 0. The van der Waals surface area contributed by atoms with Crippen molar-refractivity contribution in [1.29, 1.82) is 0 Å². The minimum absolute atomic E-state index is 0.219. The summed E-state index contributed by atoms with van der Waals surface area (Å²) in [5, 5.41) is 3.89. The van der Waals surface area contributed by atoms with Crippen LogP contribution in [-0.4, -0.2) is 5.16 Å². The summed E-state index contributed by atoms with van der Waals surface area (Å²) in [5.41, 5.74) is 1.86. The molecule has 1 heterocycles. The maximum atomic E-state index is 5.28. The van der Waals surface area contributed by atoms with Crippen LogP contribution in [0.2, 0.25) is 0 Å². The molecule has 0 aliphatic heterocycles. The van der Waals surface area contributed by atoms with E-state index in [0.29, 0.717) is 5.41 Å². The Labute approximate surface area is 79.3 Å². The summed E-state index contributed by atoms with van der Waals surface area (Å²) in [4.78, 5) is 0. The van der Waals surface area contributed by atoms with Gasteiger partial charge >= 0.3 is 0 Å². The van der Waals surface area contributed by atoms with Gasteiger partial charge in [-0.2, -0.15) is 0 Å².